The van der Waals surface area contributed by atoms with Crippen molar-refractivity contribution in [2.75, 3.05) is 11.9 Å². The molecule has 0 aliphatic carbocycles. The number of fused-ring (bicyclic) bond motifs is 1. The first kappa shape index (κ1) is 15.8. The average molecular weight is 309 g/mol. The summed E-state index contributed by atoms with van der Waals surface area (Å²) in [5.74, 6) is -0.372. The highest BCUT2D eigenvalue weighted by Gasteiger charge is 2.17. The summed E-state index contributed by atoms with van der Waals surface area (Å²) in [6, 6.07) is 0. The van der Waals surface area contributed by atoms with E-state index in [1.807, 2.05) is 13.8 Å². The SMILES string of the molecule is CC(C)Cn1c(=O)[nH]c(=O)c2c1nc(NCCC(=O)O)n2C. The van der Waals surface area contributed by atoms with Gasteiger partial charge in [0, 0.05) is 20.1 Å². The number of H-pyrrole nitrogens is 1. The molecule has 2 heterocycles. The Kier molecular flexibility index (Phi) is 4.34. The van der Waals surface area contributed by atoms with Crippen LogP contribution in [0.3, 0.4) is 0 Å². The fourth-order valence-corrected chi connectivity index (χ4v) is 2.22. The zero-order valence-corrected chi connectivity index (χ0v) is 12.7. The smallest absolute Gasteiger partial charge is 0.330 e. The molecular formula is C13H19N5O4. The van der Waals surface area contributed by atoms with Crippen LogP contribution in [-0.4, -0.2) is 36.7 Å². The molecule has 0 unspecified atom stereocenters. The Morgan fingerprint density at radius 1 is 1.41 bits per heavy atom. The molecule has 0 atom stereocenters. The average Bonchev–Trinajstić information content (AvgIpc) is 2.72. The van der Waals surface area contributed by atoms with Crippen LogP contribution in [-0.2, 0) is 18.4 Å². The van der Waals surface area contributed by atoms with Gasteiger partial charge in [-0.25, -0.2) is 4.79 Å². The first-order valence-corrected chi connectivity index (χ1v) is 6.96. The van der Waals surface area contributed by atoms with E-state index in [9.17, 15) is 14.4 Å². The second-order valence-electron chi connectivity index (χ2n) is 5.50. The van der Waals surface area contributed by atoms with Gasteiger partial charge in [-0.05, 0) is 5.92 Å². The highest BCUT2D eigenvalue weighted by atomic mass is 16.4. The molecule has 0 fully saturated rings. The summed E-state index contributed by atoms with van der Waals surface area (Å²) in [7, 11) is 1.64. The molecule has 2 aromatic heterocycles. The van der Waals surface area contributed by atoms with E-state index in [2.05, 4.69) is 15.3 Å². The third-order valence-electron chi connectivity index (χ3n) is 3.18. The highest BCUT2D eigenvalue weighted by molar-refractivity contribution is 5.74. The Bertz CT molecular complexity index is 814. The highest BCUT2D eigenvalue weighted by Crippen LogP contribution is 2.14. The second-order valence-corrected chi connectivity index (χ2v) is 5.50. The van der Waals surface area contributed by atoms with E-state index in [0.29, 0.717) is 18.1 Å². The Balaban J connectivity index is 2.52. The Morgan fingerprint density at radius 2 is 2.09 bits per heavy atom. The van der Waals surface area contributed by atoms with Gasteiger partial charge in [0.15, 0.2) is 11.2 Å². The van der Waals surface area contributed by atoms with Gasteiger partial charge in [0.1, 0.15) is 0 Å². The first-order valence-electron chi connectivity index (χ1n) is 6.96. The largest absolute Gasteiger partial charge is 0.481 e. The monoisotopic (exact) mass is 309 g/mol. The predicted octanol–water partition coefficient (Wildman–Crippen LogP) is -0.0341. The van der Waals surface area contributed by atoms with Crippen molar-refractivity contribution < 1.29 is 9.90 Å². The fraction of sp³-hybridized carbons (Fsp3) is 0.538. The van der Waals surface area contributed by atoms with Gasteiger partial charge in [-0.2, -0.15) is 4.98 Å². The number of rotatable bonds is 6. The lowest BCUT2D eigenvalue weighted by atomic mass is 10.2. The van der Waals surface area contributed by atoms with Crippen LogP contribution < -0.4 is 16.6 Å². The minimum Gasteiger partial charge on any atom is -0.481 e. The minimum atomic E-state index is -0.930. The van der Waals surface area contributed by atoms with Gasteiger partial charge in [-0.1, -0.05) is 13.8 Å². The molecule has 0 amide bonds. The molecular weight excluding hydrogens is 290 g/mol. The van der Waals surface area contributed by atoms with Gasteiger partial charge in [0.25, 0.3) is 5.56 Å². The Labute approximate surface area is 125 Å². The number of carbonyl (C=O) groups is 1. The number of carboxylic acid groups (broad SMARTS) is 1. The molecule has 120 valence electrons. The number of hydrogen-bond donors (Lipinski definition) is 3. The lowest BCUT2D eigenvalue weighted by Gasteiger charge is -2.08. The third kappa shape index (κ3) is 3.02. The van der Waals surface area contributed by atoms with Gasteiger partial charge in [-0.3, -0.25) is 19.1 Å². The number of carboxylic acids is 1. The number of nitrogens with one attached hydrogen (secondary N) is 2. The van der Waals surface area contributed by atoms with Crippen LogP contribution in [0.4, 0.5) is 5.95 Å². The lowest BCUT2D eigenvalue weighted by Crippen LogP contribution is -2.32. The maximum absolute atomic E-state index is 12.0. The molecule has 3 N–H and O–H groups in total. The summed E-state index contributed by atoms with van der Waals surface area (Å²) in [5, 5.41) is 11.5. The molecule has 9 nitrogen and oxygen atoms in total. The quantitative estimate of drug-likeness (QED) is 0.688. The summed E-state index contributed by atoms with van der Waals surface area (Å²) in [5.41, 5.74) is -0.441. The van der Waals surface area contributed by atoms with E-state index in [1.54, 1.807) is 7.05 Å². The van der Waals surface area contributed by atoms with Gasteiger partial charge in [0.2, 0.25) is 5.95 Å². The number of aromatic nitrogens is 4. The summed E-state index contributed by atoms with van der Waals surface area (Å²) in [6.45, 7) is 4.52. The zero-order chi connectivity index (χ0) is 16.4. The normalized spacial score (nSPS) is 11.3. The minimum absolute atomic E-state index is 0.0711. The van der Waals surface area contributed by atoms with Gasteiger partial charge >= 0.3 is 11.7 Å². The predicted molar refractivity (Wildman–Crippen MR) is 81.2 cm³/mol. The summed E-state index contributed by atoms with van der Waals surface area (Å²) >= 11 is 0. The molecule has 9 heteroatoms. The summed E-state index contributed by atoms with van der Waals surface area (Å²) in [6.07, 6.45) is -0.0711. The number of aliphatic carboxylic acids is 1. The van der Waals surface area contributed by atoms with Gasteiger partial charge < -0.3 is 15.0 Å². The van der Waals surface area contributed by atoms with Crippen LogP contribution in [0, 0.1) is 5.92 Å². The van der Waals surface area contributed by atoms with E-state index in [-0.39, 0.29) is 24.4 Å². The molecule has 2 aromatic rings. The van der Waals surface area contributed by atoms with Gasteiger partial charge in [0.05, 0.1) is 6.42 Å². The molecule has 0 aliphatic rings. The molecule has 0 radical (unpaired) electrons. The third-order valence-corrected chi connectivity index (χ3v) is 3.18. The van der Waals surface area contributed by atoms with E-state index in [1.165, 1.54) is 9.13 Å². The van der Waals surface area contributed by atoms with Gasteiger partial charge in [-0.15, -0.1) is 0 Å². The molecule has 0 saturated heterocycles. The molecule has 0 aliphatic heterocycles. The van der Waals surface area contributed by atoms with Crippen molar-refractivity contribution in [2.45, 2.75) is 26.8 Å². The van der Waals surface area contributed by atoms with Crippen molar-refractivity contribution >= 4 is 23.1 Å². The van der Waals surface area contributed by atoms with E-state index in [0.717, 1.165) is 0 Å². The van der Waals surface area contributed by atoms with Crippen LogP contribution >= 0.6 is 0 Å². The maximum Gasteiger partial charge on any atom is 0.330 e. The van der Waals surface area contributed by atoms with E-state index in [4.69, 9.17) is 5.11 Å². The molecule has 0 bridgehead atoms. The number of aryl methyl sites for hydroxylation is 1. The van der Waals surface area contributed by atoms with Crippen molar-refractivity contribution in [1.82, 2.24) is 19.1 Å². The first-order chi connectivity index (χ1) is 10.3. The zero-order valence-electron chi connectivity index (χ0n) is 12.7. The van der Waals surface area contributed by atoms with Crippen LogP contribution in [0.2, 0.25) is 0 Å². The molecule has 0 saturated carbocycles. The number of anilines is 1. The van der Waals surface area contributed by atoms with E-state index < -0.39 is 17.2 Å². The number of aromatic amines is 1. The number of hydrogen-bond acceptors (Lipinski definition) is 5. The van der Waals surface area contributed by atoms with Crippen LogP contribution in [0.5, 0.6) is 0 Å². The molecule has 2 rings (SSSR count). The molecule has 22 heavy (non-hydrogen) atoms. The number of imidazole rings is 1. The summed E-state index contributed by atoms with van der Waals surface area (Å²) in [4.78, 5) is 41.1. The van der Waals surface area contributed by atoms with Crippen molar-refractivity contribution in [1.29, 1.82) is 0 Å². The number of nitrogens with zero attached hydrogens (tertiary/aromatic N) is 3. The standard InChI is InChI=1S/C13H19N5O4/c1-7(2)6-18-10-9(11(21)16-13(18)22)17(3)12(15-10)14-5-4-8(19)20/h7H,4-6H2,1-3H3,(H,14,15)(H,19,20)(H,16,21,22). The topological polar surface area (TPSA) is 122 Å². The summed E-state index contributed by atoms with van der Waals surface area (Å²) < 4.78 is 2.94. The van der Waals surface area contributed by atoms with Crippen LogP contribution in [0.25, 0.3) is 11.2 Å². The van der Waals surface area contributed by atoms with Crippen molar-refractivity contribution in [3.63, 3.8) is 0 Å². The Morgan fingerprint density at radius 3 is 2.68 bits per heavy atom. The van der Waals surface area contributed by atoms with E-state index >= 15 is 0 Å². The maximum atomic E-state index is 12.0. The van der Waals surface area contributed by atoms with Crippen molar-refractivity contribution in [3.8, 4) is 0 Å². The Hall–Kier alpha value is -2.58. The van der Waals surface area contributed by atoms with Crippen molar-refractivity contribution in [2.24, 2.45) is 13.0 Å². The van der Waals surface area contributed by atoms with Crippen molar-refractivity contribution in [3.05, 3.63) is 20.8 Å². The van der Waals surface area contributed by atoms with Crippen LogP contribution in [0.15, 0.2) is 9.59 Å². The molecule has 0 spiro atoms. The molecule has 0 aromatic carbocycles. The second kappa shape index (κ2) is 6.04. The van der Waals surface area contributed by atoms with Crippen LogP contribution in [0.1, 0.15) is 20.3 Å². The fourth-order valence-electron chi connectivity index (χ4n) is 2.22. The lowest BCUT2D eigenvalue weighted by molar-refractivity contribution is -0.136.